The summed E-state index contributed by atoms with van der Waals surface area (Å²) >= 11 is 0. The lowest BCUT2D eigenvalue weighted by atomic mass is 9.74. The van der Waals surface area contributed by atoms with E-state index >= 15 is 0 Å². The third-order valence-electron chi connectivity index (χ3n) is 16.2. The van der Waals surface area contributed by atoms with Crippen molar-refractivity contribution in [2.45, 2.75) is 50.9 Å². The third kappa shape index (κ3) is 5.96. The van der Waals surface area contributed by atoms with Crippen LogP contribution in [-0.2, 0) is 16.2 Å². The zero-order valence-electron chi connectivity index (χ0n) is 39.9. The molecule has 0 spiro atoms. The first kappa shape index (κ1) is 41.2. The maximum Gasteiger partial charge on any atom is 0.0540 e. The predicted molar refractivity (Wildman–Crippen MR) is 290 cm³/mol. The molecule has 0 amide bonds. The van der Waals surface area contributed by atoms with Gasteiger partial charge in [0, 0.05) is 33.1 Å². The maximum atomic E-state index is 2.52. The van der Waals surface area contributed by atoms with Gasteiger partial charge in [-0.15, -0.1) is 0 Å². The van der Waals surface area contributed by atoms with Gasteiger partial charge in [0.1, 0.15) is 0 Å². The van der Waals surface area contributed by atoms with E-state index in [2.05, 4.69) is 270 Å². The second-order valence-corrected chi connectivity index (χ2v) is 20.5. The molecule has 10 aromatic rings. The van der Waals surface area contributed by atoms with Gasteiger partial charge in [-0.3, -0.25) is 0 Å². The van der Waals surface area contributed by atoms with E-state index in [0.29, 0.717) is 0 Å². The Bertz CT molecular complexity index is 3680. The summed E-state index contributed by atoms with van der Waals surface area (Å²) in [6.45, 7) is 11.9. The summed E-state index contributed by atoms with van der Waals surface area (Å²) in [5.74, 6) is 0. The lowest BCUT2D eigenvalue weighted by Crippen LogP contribution is -2.22. The molecule has 1 heteroatoms. The average molecular weight is 884 g/mol. The SMILES string of the molecule is CC1(C)c2ccccc2-c2c(-c3ccccc3N(c3ccc(-c4cccc5c4C(C)(C)c4ccccc4-5)cc3)c3ccccc3-c3ccc4c(c3)-c3ccccc3C4(C)c3ccccc3)cccc21. The number of nitrogens with zero attached hydrogens (tertiary/aromatic N) is 1. The summed E-state index contributed by atoms with van der Waals surface area (Å²) < 4.78 is 0. The van der Waals surface area contributed by atoms with Crippen molar-refractivity contribution in [3.8, 4) is 66.8 Å². The summed E-state index contributed by atoms with van der Waals surface area (Å²) in [5, 5.41) is 0. The Morgan fingerprint density at radius 2 is 0.768 bits per heavy atom. The second kappa shape index (κ2) is 15.3. The van der Waals surface area contributed by atoms with Crippen LogP contribution in [0.5, 0.6) is 0 Å². The largest absolute Gasteiger partial charge is 0.309 e. The Balaban J connectivity index is 1.01. The molecule has 3 aliphatic rings. The van der Waals surface area contributed by atoms with Crippen LogP contribution in [0.1, 0.15) is 73.6 Å². The molecule has 0 aromatic heterocycles. The molecule has 3 aliphatic carbocycles. The minimum atomic E-state index is -0.266. The monoisotopic (exact) mass is 883 g/mol. The van der Waals surface area contributed by atoms with Gasteiger partial charge in [-0.1, -0.05) is 228 Å². The molecule has 0 saturated heterocycles. The van der Waals surface area contributed by atoms with Crippen LogP contribution in [0, 0.1) is 0 Å². The zero-order chi connectivity index (χ0) is 46.6. The fourth-order valence-electron chi connectivity index (χ4n) is 12.8. The Labute approximate surface area is 407 Å². The molecule has 0 aliphatic heterocycles. The van der Waals surface area contributed by atoms with Crippen LogP contribution < -0.4 is 4.90 Å². The van der Waals surface area contributed by atoms with Gasteiger partial charge in [-0.2, -0.15) is 0 Å². The van der Waals surface area contributed by atoms with Crippen LogP contribution in [-0.4, -0.2) is 0 Å². The van der Waals surface area contributed by atoms with Crippen molar-refractivity contribution in [3.05, 3.63) is 269 Å². The first-order valence-corrected chi connectivity index (χ1v) is 24.5. The average Bonchev–Trinajstić information content (AvgIpc) is 3.91. The molecule has 13 rings (SSSR count). The predicted octanol–water partition coefficient (Wildman–Crippen LogP) is 18.1. The Kier molecular flexibility index (Phi) is 9.11. The summed E-state index contributed by atoms with van der Waals surface area (Å²) in [4.78, 5) is 2.52. The number of anilines is 3. The number of rotatable bonds is 7. The normalized spacial score (nSPS) is 16.2. The van der Waals surface area contributed by atoms with Gasteiger partial charge in [0.05, 0.1) is 11.4 Å². The smallest absolute Gasteiger partial charge is 0.0540 e. The molecule has 10 aromatic carbocycles. The van der Waals surface area contributed by atoms with Crippen molar-refractivity contribution in [2.24, 2.45) is 0 Å². The van der Waals surface area contributed by atoms with Gasteiger partial charge in [-0.05, 0) is 132 Å². The van der Waals surface area contributed by atoms with Crippen molar-refractivity contribution < 1.29 is 0 Å². The van der Waals surface area contributed by atoms with Gasteiger partial charge in [0.2, 0.25) is 0 Å². The number of fused-ring (bicyclic) bond motifs is 9. The lowest BCUT2D eigenvalue weighted by Gasteiger charge is -2.31. The summed E-state index contributed by atoms with van der Waals surface area (Å²) in [7, 11) is 0. The molecule has 0 fully saturated rings. The molecule has 1 atom stereocenters. The number of para-hydroxylation sites is 2. The third-order valence-corrected chi connectivity index (χ3v) is 16.2. The molecular weight excluding hydrogens is 831 g/mol. The van der Waals surface area contributed by atoms with Crippen molar-refractivity contribution in [1.82, 2.24) is 0 Å². The molecule has 0 radical (unpaired) electrons. The van der Waals surface area contributed by atoms with Crippen molar-refractivity contribution in [3.63, 3.8) is 0 Å². The van der Waals surface area contributed by atoms with Crippen LogP contribution in [0.4, 0.5) is 17.1 Å². The van der Waals surface area contributed by atoms with Crippen molar-refractivity contribution in [2.75, 3.05) is 4.90 Å². The Morgan fingerprint density at radius 3 is 1.49 bits per heavy atom. The van der Waals surface area contributed by atoms with Crippen LogP contribution >= 0.6 is 0 Å². The van der Waals surface area contributed by atoms with Gasteiger partial charge in [0.25, 0.3) is 0 Å². The van der Waals surface area contributed by atoms with Crippen molar-refractivity contribution in [1.29, 1.82) is 0 Å². The molecule has 0 bridgehead atoms. The van der Waals surface area contributed by atoms with E-state index in [9.17, 15) is 0 Å². The number of hydrogen-bond donors (Lipinski definition) is 0. The molecular formula is C68H53N. The molecule has 0 saturated carbocycles. The van der Waals surface area contributed by atoms with Crippen LogP contribution in [0.25, 0.3) is 66.8 Å². The van der Waals surface area contributed by atoms with Gasteiger partial charge >= 0.3 is 0 Å². The lowest BCUT2D eigenvalue weighted by molar-refractivity contribution is 0.660. The number of benzene rings is 10. The topological polar surface area (TPSA) is 3.24 Å². The van der Waals surface area contributed by atoms with E-state index in [4.69, 9.17) is 0 Å². The van der Waals surface area contributed by atoms with E-state index in [1.807, 2.05) is 0 Å². The standard InChI is InChI=1S/C68H53N/c1-66(2)58-32-15-11-27-55(58)64-53(29-20-34-61(64)66)52-26-13-18-36-63(52)69(47-40-37-44(38-41-47)49-28-19-30-54-50-24-9-14-31-57(50)67(3,4)65(49)54)62-35-17-12-23-48(62)45-39-42-60-56(43-45)51-25-10-16-33-59(51)68(60,5)46-21-7-6-8-22-46/h6-43H,1-5H3. The molecule has 0 N–H and O–H groups in total. The van der Waals surface area contributed by atoms with Crippen molar-refractivity contribution >= 4 is 17.1 Å². The van der Waals surface area contributed by atoms with E-state index in [1.165, 1.54) is 106 Å². The second-order valence-electron chi connectivity index (χ2n) is 20.5. The summed E-state index contributed by atoms with van der Waals surface area (Å²) in [5.41, 5.74) is 27.6. The first-order chi connectivity index (χ1) is 33.7. The molecule has 69 heavy (non-hydrogen) atoms. The quantitative estimate of drug-likeness (QED) is 0.154. The Hall–Kier alpha value is -8.00. The van der Waals surface area contributed by atoms with Crippen LogP contribution in [0.2, 0.25) is 0 Å². The van der Waals surface area contributed by atoms with E-state index in [1.54, 1.807) is 0 Å². The summed E-state index contributed by atoms with van der Waals surface area (Å²) in [6.07, 6.45) is 0. The van der Waals surface area contributed by atoms with E-state index in [-0.39, 0.29) is 16.2 Å². The summed E-state index contributed by atoms with van der Waals surface area (Å²) in [6, 6.07) is 86.4. The highest BCUT2D eigenvalue weighted by Gasteiger charge is 2.42. The van der Waals surface area contributed by atoms with Gasteiger partial charge in [0.15, 0.2) is 0 Å². The first-order valence-electron chi connectivity index (χ1n) is 24.5. The molecule has 1 nitrogen and oxygen atoms in total. The molecule has 1 unspecified atom stereocenters. The Morgan fingerprint density at radius 1 is 0.290 bits per heavy atom. The fourth-order valence-corrected chi connectivity index (χ4v) is 12.8. The highest BCUT2D eigenvalue weighted by Crippen LogP contribution is 2.57. The highest BCUT2D eigenvalue weighted by atomic mass is 15.1. The van der Waals surface area contributed by atoms with E-state index < -0.39 is 0 Å². The molecule has 0 heterocycles. The highest BCUT2D eigenvalue weighted by molar-refractivity contribution is 6.00. The minimum absolute atomic E-state index is 0.116. The maximum absolute atomic E-state index is 2.52. The van der Waals surface area contributed by atoms with Crippen LogP contribution in [0.15, 0.2) is 231 Å². The number of hydrogen-bond acceptors (Lipinski definition) is 1. The van der Waals surface area contributed by atoms with Gasteiger partial charge < -0.3 is 4.90 Å². The van der Waals surface area contributed by atoms with E-state index in [0.717, 1.165) is 17.1 Å². The zero-order valence-corrected chi connectivity index (χ0v) is 39.9. The minimum Gasteiger partial charge on any atom is -0.309 e. The van der Waals surface area contributed by atoms with Gasteiger partial charge in [-0.25, -0.2) is 0 Å². The van der Waals surface area contributed by atoms with Crippen LogP contribution in [0.3, 0.4) is 0 Å². The molecule has 330 valence electrons. The fraction of sp³-hybridized carbons (Fsp3) is 0.118.